The summed E-state index contributed by atoms with van der Waals surface area (Å²) in [5.41, 5.74) is 5.84. The molecule has 80 valence electrons. The second kappa shape index (κ2) is 3.88. The van der Waals surface area contributed by atoms with E-state index in [4.69, 9.17) is 10.5 Å². The van der Waals surface area contributed by atoms with Gasteiger partial charge in [0.15, 0.2) is 0 Å². The normalized spacial score (nSPS) is 15.8. The molecule has 1 fully saturated rings. The van der Waals surface area contributed by atoms with Crippen molar-refractivity contribution in [2.45, 2.75) is 25.4 Å². The molecule has 0 spiro atoms. The van der Waals surface area contributed by atoms with Gasteiger partial charge in [-0.25, -0.2) is 9.18 Å². The molecule has 0 amide bonds. The predicted octanol–water partition coefficient (Wildman–Crippen LogP) is 2.12. The minimum atomic E-state index is -0.518. The summed E-state index contributed by atoms with van der Waals surface area (Å²) < 4.78 is 18.1. The quantitative estimate of drug-likeness (QED) is 0.599. The Labute approximate surface area is 87.0 Å². The van der Waals surface area contributed by atoms with Crippen LogP contribution >= 0.6 is 0 Å². The van der Waals surface area contributed by atoms with E-state index in [2.05, 4.69) is 0 Å². The number of rotatable bonds is 2. The number of esters is 1. The van der Waals surface area contributed by atoms with E-state index < -0.39 is 11.8 Å². The van der Waals surface area contributed by atoms with Crippen LogP contribution in [-0.4, -0.2) is 12.1 Å². The standard InChI is InChI=1S/C11H12FNO2/c12-8-4-7(5-9(13)6-8)11(14)15-10-2-1-3-10/h4-6,10H,1-3,13H2. The third-order valence-corrected chi connectivity index (χ3v) is 2.48. The van der Waals surface area contributed by atoms with E-state index in [1.165, 1.54) is 12.1 Å². The molecular weight excluding hydrogens is 197 g/mol. The Bertz CT molecular complexity index is 368. The lowest BCUT2D eigenvalue weighted by molar-refractivity contribution is 0.00897. The average Bonchev–Trinajstić information content (AvgIpc) is 2.09. The highest BCUT2D eigenvalue weighted by Crippen LogP contribution is 2.23. The molecule has 0 radical (unpaired) electrons. The van der Waals surface area contributed by atoms with E-state index in [0.29, 0.717) is 0 Å². The molecule has 0 aromatic heterocycles. The Balaban J connectivity index is 2.10. The zero-order valence-corrected chi connectivity index (χ0v) is 8.20. The Morgan fingerprint density at radius 1 is 1.40 bits per heavy atom. The van der Waals surface area contributed by atoms with Crippen LogP contribution in [0.15, 0.2) is 18.2 Å². The lowest BCUT2D eigenvalue weighted by Crippen LogP contribution is -2.25. The van der Waals surface area contributed by atoms with Crippen LogP contribution < -0.4 is 5.73 Å². The van der Waals surface area contributed by atoms with Gasteiger partial charge in [0.2, 0.25) is 0 Å². The minimum Gasteiger partial charge on any atom is -0.459 e. The van der Waals surface area contributed by atoms with Crippen molar-refractivity contribution >= 4 is 11.7 Å². The number of benzene rings is 1. The summed E-state index contributed by atoms with van der Waals surface area (Å²) in [5.74, 6) is -1.01. The second-order valence-corrected chi connectivity index (χ2v) is 3.73. The molecule has 3 nitrogen and oxygen atoms in total. The minimum absolute atomic E-state index is 0.00184. The fraction of sp³-hybridized carbons (Fsp3) is 0.364. The zero-order chi connectivity index (χ0) is 10.8. The van der Waals surface area contributed by atoms with Crippen molar-refractivity contribution in [3.05, 3.63) is 29.6 Å². The first kappa shape index (κ1) is 9.96. The van der Waals surface area contributed by atoms with E-state index in [9.17, 15) is 9.18 Å². The summed E-state index contributed by atoms with van der Waals surface area (Å²) >= 11 is 0. The van der Waals surface area contributed by atoms with Gasteiger partial charge in [0, 0.05) is 5.69 Å². The Morgan fingerprint density at radius 3 is 2.67 bits per heavy atom. The van der Waals surface area contributed by atoms with Crippen LogP contribution in [-0.2, 0) is 4.74 Å². The van der Waals surface area contributed by atoms with Gasteiger partial charge in [-0.15, -0.1) is 0 Å². The first-order valence-electron chi connectivity index (χ1n) is 4.92. The number of hydrogen-bond acceptors (Lipinski definition) is 3. The summed E-state index contributed by atoms with van der Waals surface area (Å²) in [7, 11) is 0. The molecule has 0 atom stereocenters. The van der Waals surface area contributed by atoms with Gasteiger partial charge >= 0.3 is 5.97 Å². The highest BCUT2D eigenvalue weighted by atomic mass is 19.1. The van der Waals surface area contributed by atoms with Crippen molar-refractivity contribution in [3.8, 4) is 0 Å². The van der Waals surface area contributed by atoms with E-state index >= 15 is 0 Å². The fourth-order valence-corrected chi connectivity index (χ4v) is 1.44. The number of carbonyl (C=O) groups is 1. The van der Waals surface area contributed by atoms with Crippen LogP contribution in [0.4, 0.5) is 10.1 Å². The monoisotopic (exact) mass is 209 g/mol. The van der Waals surface area contributed by atoms with E-state index in [0.717, 1.165) is 25.3 Å². The molecule has 15 heavy (non-hydrogen) atoms. The molecule has 0 unspecified atom stereocenters. The van der Waals surface area contributed by atoms with Crippen molar-refractivity contribution in [1.29, 1.82) is 0 Å². The molecule has 0 bridgehead atoms. The van der Waals surface area contributed by atoms with Gasteiger partial charge in [-0.2, -0.15) is 0 Å². The van der Waals surface area contributed by atoms with E-state index in [1.807, 2.05) is 0 Å². The summed E-state index contributed by atoms with van der Waals surface area (Å²) in [4.78, 5) is 11.5. The number of nitrogens with two attached hydrogens (primary N) is 1. The van der Waals surface area contributed by atoms with Gasteiger partial charge in [0.25, 0.3) is 0 Å². The smallest absolute Gasteiger partial charge is 0.338 e. The first-order chi connectivity index (χ1) is 7.15. The van der Waals surface area contributed by atoms with Crippen LogP contribution in [0, 0.1) is 5.82 Å². The topological polar surface area (TPSA) is 52.3 Å². The van der Waals surface area contributed by atoms with Crippen molar-refractivity contribution in [2.24, 2.45) is 0 Å². The molecule has 2 N–H and O–H groups in total. The highest BCUT2D eigenvalue weighted by molar-refractivity contribution is 5.90. The van der Waals surface area contributed by atoms with Crippen molar-refractivity contribution in [1.82, 2.24) is 0 Å². The third kappa shape index (κ3) is 2.26. The van der Waals surface area contributed by atoms with Gasteiger partial charge in [0.05, 0.1) is 5.56 Å². The average molecular weight is 209 g/mol. The third-order valence-electron chi connectivity index (χ3n) is 2.48. The molecule has 0 saturated heterocycles. The molecule has 1 saturated carbocycles. The van der Waals surface area contributed by atoms with Gasteiger partial charge in [-0.3, -0.25) is 0 Å². The van der Waals surface area contributed by atoms with Crippen LogP contribution in [0.3, 0.4) is 0 Å². The summed E-state index contributed by atoms with van der Waals surface area (Å²) in [6, 6.07) is 3.72. The predicted molar refractivity (Wildman–Crippen MR) is 53.9 cm³/mol. The van der Waals surface area contributed by atoms with Gasteiger partial charge < -0.3 is 10.5 Å². The molecule has 0 aliphatic heterocycles. The van der Waals surface area contributed by atoms with Crippen LogP contribution in [0.25, 0.3) is 0 Å². The van der Waals surface area contributed by atoms with E-state index in [1.54, 1.807) is 0 Å². The Kier molecular flexibility index (Phi) is 2.58. The number of anilines is 1. The van der Waals surface area contributed by atoms with E-state index in [-0.39, 0.29) is 17.4 Å². The van der Waals surface area contributed by atoms with Crippen molar-refractivity contribution < 1.29 is 13.9 Å². The number of hydrogen-bond donors (Lipinski definition) is 1. The SMILES string of the molecule is Nc1cc(F)cc(C(=O)OC2CCC2)c1. The van der Waals surface area contributed by atoms with Crippen LogP contribution in [0.2, 0.25) is 0 Å². The summed E-state index contributed by atoms with van der Waals surface area (Å²) in [6.45, 7) is 0. The number of ether oxygens (including phenoxy) is 1. The lowest BCUT2D eigenvalue weighted by atomic mass is 9.96. The maximum Gasteiger partial charge on any atom is 0.338 e. The fourth-order valence-electron chi connectivity index (χ4n) is 1.44. The van der Waals surface area contributed by atoms with Crippen LogP contribution in [0.1, 0.15) is 29.6 Å². The molecule has 0 heterocycles. The Morgan fingerprint density at radius 2 is 2.13 bits per heavy atom. The Hall–Kier alpha value is -1.58. The summed E-state index contributed by atoms with van der Waals surface area (Å²) in [5, 5.41) is 0. The maximum absolute atomic E-state index is 12.9. The molecule has 1 aromatic rings. The van der Waals surface area contributed by atoms with Crippen molar-refractivity contribution in [2.75, 3.05) is 5.73 Å². The number of carbonyl (C=O) groups excluding carboxylic acids is 1. The molecule has 1 aliphatic carbocycles. The molecule has 1 aliphatic rings. The molecule has 1 aromatic carbocycles. The summed E-state index contributed by atoms with van der Waals surface area (Å²) in [6.07, 6.45) is 2.89. The van der Waals surface area contributed by atoms with Gasteiger partial charge in [0.1, 0.15) is 11.9 Å². The van der Waals surface area contributed by atoms with Crippen LogP contribution in [0.5, 0.6) is 0 Å². The van der Waals surface area contributed by atoms with Crippen molar-refractivity contribution in [3.63, 3.8) is 0 Å². The van der Waals surface area contributed by atoms with Gasteiger partial charge in [-0.1, -0.05) is 0 Å². The molecule has 4 heteroatoms. The largest absolute Gasteiger partial charge is 0.459 e. The second-order valence-electron chi connectivity index (χ2n) is 3.73. The number of nitrogen functional groups attached to an aromatic ring is 1. The molecule has 2 rings (SSSR count). The lowest BCUT2D eigenvalue weighted by Gasteiger charge is -2.25. The highest BCUT2D eigenvalue weighted by Gasteiger charge is 2.22. The zero-order valence-electron chi connectivity index (χ0n) is 8.20. The van der Waals surface area contributed by atoms with Gasteiger partial charge in [-0.05, 0) is 37.5 Å². The maximum atomic E-state index is 12.9. The first-order valence-corrected chi connectivity index (χ1v) is 4.92. The molecular formula is C11H12FNO2. The number of halogens is 1.